The molecule has 2 heterocycles. The van der Waals surface area contributed by atoms with Crippen LogP contribution in [0.2, 0.25) is 0 Å². The molecule has 3 rings (SSSR count). The van der Waals surface area contributed by atoms with Crippen molar-refractivity contribution in [2.24, 2.45) is 0 Å². The number of fused-ring (bicyclic) bond motifs is 1. The third-order valence-corrected chi connectivity index (χ3v) is 3.17. The second-order valence-corrected chi connectivity index (χ2v) is 4.37. The lowest BCUT2D eigenvalue weighted by Crippen LogP contribution is -2.14. The van der Waals surface area contributed by atoms with E-state index in [0.29, 0.717) is 5.56 Å². The van der Waals surface area contributed by atoms with E-state index in [-0.39, 0.29) is 11.9 Å². The molecular weight excluding hydrogens is 230 g/mol. The normalized spacial score (nSPS) is 13.7. The van der Waals surface area contributed by atoms with Crippen molar-refractivity contribution >= 4 is 17.5 Å². The molecule has 0 bridgehead atoms. The van der Waals surface area contributed by atoms with E-state index in [1.54, 1.807) is 6.07 Å². The number of nitrogens with zero attached hydrogens (tertiary/aromatic N) is 4. The van der Waals surface area contributed by atoms with Gasteiger partial charge in [-0.05, 0) is 30.2 Å². The summed E-state index contributed by atoms with van der Waals surface area (Å²) in [6.45, 7) is 0.989. The molecule has 0 amide bonds. The monoisotopic (exact) mass is 243 g/mol. The average molecular weight is 243 g/mol. The van der Waals surface area contributed by atoms with Gasteiger partial charge in [0.25, 0.3) is 5.91 Å². The maximum absolute atomic E-state index is 12.1. The summed E-state index contributed by atoms with van der Waals surface area (Å²) in [5.41, 5.74) is 8.38. The Kier molecular flexibility index (Phi) is 2.29. The molecule has 6 heteroatoms. The number of anilines is 2. The van der Waals surface area contributed by atoms with Gasteiger partial charge in [-0.1, -0.05) is 0 Å². The number of aromatic nitrogens is 3. The quantitative estimate of drug-likeness (QED) is 0.791. The van der Waals surface area contributed by atoms with E-state index in [0.717, 1.165) is 17.6 Å². The molecule has 0 saturated heterocycles. The second-order valence-electron chi connectivity index (χ2n) is 4.37. The van der Waals surface area contributed by atoms with Crippen LogP contribution in [0, 0.1) is 0 Å². The minimum Gasteiger partial charge on any atom is -0.374 e. The van der Waals surface area contributed by atoms with Gasteiger partial charge in [0.05, 0.1) is 0 Å². The Balaban J connectivity index is 1.96. The van der Waals surface area contributed by atoms with Gasteiger partial charge in [0.15, 0.2) is 0 Å². The highest BCUT2D eigenvalue weighted by molar-refractivity contribution is 5.96. The zero-order chi connectivity index (χ0) is 12.7. The predicted octanol–water partition coefficient (Wildman–Crippen LogP) is 0.541. The smallest absolute Gasteiger partial charge is 0.279 e. The first-order valence-corrected chi connectivity index (χ1v) is 5.71. The molecule has 0 atom stereocenters. The molecular formula is C12H13N5O. The number of carbonyl (C=O) groups is 1. The van der Waals surface area contributed by atoms with Crippen LogP contribution in [0.1, 0.15) is 15.9 Å². The molecule has 1 aromatic carbocycles. The molecule has 0 saturated carbocycles. The van der Waals surface area contributed by atoms with Crippen LogP contribution in [-0.2, 0) is 6.42 Å². The highest BCUT2D eigenvalue weighted by atomic mass is 16.2. The lowest BCUT2D eigenvalue weighted by molar-refractivity contribution is 0.0945. The molecule has 0 aliphatic carbocycles. The Hall–Kier alpha value is -2.37. The summed E-state index contributed by atoms with van der Waals surface area (Å²) < 4.78 is 1.16. The maximum Gasteiger partial charge on any atom is 0.279 e. The molecule has 2 N–H and O–H groups in total. The number of hydrogen-bond acceptors (Lipinski definition) is 5. The van der Waals surface area contributed by atoms with Gasteiger partial charge >= 0.3 is 0 Å². The lowest BCUT2D eigenvalue weighted by Gasteiger charge is -2.11. The molecule has 1 aliphatic rings. The SMILES string of the molecule is CN1CCc2cc(C(=O)n3cnc(N)n3)ccc21. The molecule has 0 unspecified atom stereocenters. The molecule has 0 fully saturated rings. The largest absolute Gasteiger partial charge is 0.374 e. The van der Waals surface area contributed by atoms with Crippen molar-refractivity contribution in [3.8, 4) is 0 Å². The average Bonchev–Trinajstić information content (AvgIpc) is 2.95. The molecule has 6 nitrogen and oxygen atoms in total. The number of rotatable bonds is 1. The van der Waals surface area contributed by atoms with Crippen LogP contribution >= 0.6 is 0 Å². The third kappa shape index (κ3) is 1.62. The van der Waals surface area contributed by atoms with Crippen molar-refractivity contribution in [1.29, 1.82) is 0 Å². The Bertz CT molecular complexity index is 619. The van der Waals surface area contributed by atoms with Gasteiger partial charge in [-0.2, -0.15) is 4.68 Å². The van der Waals surface area contributed by atoms with Crippen molar-refractivity contribution in [2.45, 2.75) is 6.42 Å². The first kappa shape index (κ1) is 10.8. The summed E-state index contributed by atoms with van der Waals surface area (Å²) in [4.78, 5) is 18.1. The fourth-order valence-electron chi connectivity index (χ4n) is 2.21. The van der Waals surface area contributed by atoms with E-state index in [4.69, 9.17) is 5.73 Å². The van der Waals surface area contributed by atoms with Crippen LogP contribution in [0.5, 0.6) is 0 Å². The summed E-state index contributed by atoms with van der Waals surface area (Å²) in [5.74, 6) is -0.110. The minimum atomic E-state index is -0.212. The van der Waals surface area contributed by atoms with Crippen LogP contribution in [0.3, 0.4) is 0 Å². The number of hydrogen-bond donors (Lipinski definition) is 1. The van der Waals surface area contributed by atoms with Gasteiger partial charge in [-0.25, -0.2) is 4.98 Å². The molecule has 18 heavy (non-hydrogen) atoms. The van der Waals surface area contributed by atoms with Crippen molar-refractivity contribution < 1.29 is 4.79 Å². The molecule has 1 aliphatic heterocycles. The van der Waals surface area contributed by atoms with Crippen molar-refractivity contribution in [1.82, 2.24) is 14.8 Å². The van der Waals surface area contributed by atoms with Crippen LogP contribution in [0.15, 0.2) is 24.5 Å². The predicted molar refractivity (Wildman–Crippen MR) is 67.6 cm³/mol. The molecule has 0 spiro atoms. The van der Waals surface area contributed by atoms with Crippen LogP contribution in [-0.4, -0.2) is 34.3 Å². The Morgan fingerprint density at radius 2 is 2.28 bits per heavy atom. The molecule has 0 radical (unpaired) electrons. The van der Waals surface area contributed by atoms with Gasteiger partial charge in [0.1, 0.15) is 6.33 Å². The number of carbonyl (C=O) groups excluding carboxylic acids is 1. The summed E-state index contributed by atoms with van der Waals surface area (Å²) in [7, 11) is 2.05. The Morgan fingerprint density at radius 3 is 3.00 bits per heavy atom. The topological polar surface area (TPSA) is 77.0 Å². The van der Waals surface area contributed by atoms with E-state index in [1.807, 2.05) is 19.2 Å². The zero-order valence-electron chi connectivity index (χ0n) is 10.00. The van der Waals surface area contributed by atoms with Gasteiger partial charge in [0, 0.05) is 24.8 Å². The van der Waals surface area contributed by atoms with Crippen LogP contribution in [0.4, 0.5) is 11.6 Å². The first-order valence-electron chi connectivity index (χ1n) is 5.71. The molecule has 92 valence electrons. The third-order valence-electron chi connectivity index (χ3n) is 3.17. The van der Waals surface area contributed by atoms with E-state index in [9.17, 15) is 4.79 Å². The first-order chi connectivity index (χ1) is 8.65. The number of nitrogen functional groups attached to an aromatic ring is 1. The zero-order valence-corrected chi connectivity index (χ0v) is 10.00. The van der Waals surface area contributed by atoms with E-state index in [1.165, 1.54) is 17.6 Å². The fraction of sp³-hybridized carbons (Fsp3) is 0.250. The van der Waals surface area contributed by atoms with Crippen molar-refractivity contribution in [2.75, 3.05) is 24.2 Å². The van der Waals surface area contributed by atoms with Gasteiger partial charge < -0.3 is 10.6 Å². The van der Waals surface area contributed by atoms with E-state index >= 15 is 0 Å². The number of likely N-dealkylation sites (N-methyl/N-ethyl adjacent to an activating group) is 1. The maximum atomic E-state index is 12.1. The Morgan fingerprint density at radius 1 is 1.44 bits per heavy atom. The van der Waals surface area contributed by atoms with Gasteiger partial charge in [-0.3, -0.25) is 4.79 Å². The van der Waals surface area contributed by atoms with E-state index in [2.05, 4.69) is 15.0 Å². The second kappa shape index (κ2) is 3.83. The number of benzene rings is 1. The van der Waals surface area contributed by atoms with Crippen LogP contribution in [0.25, 0.3) is 0 Å². The lowest BCUT2D eigenvalue weighted by atomic mass is 10.1. The summed E-state index contributed by atoms with van der Waals surface area (Å²) in [5, 5.41) is 3.82. The number of nitrogens with two attached hydrogens (primary N) is 1. The van der Waals surface area contributed by atoms with Gasteiger partial charge in [-0.15, -0.1) is 5.10 Å². The van der Waals surface area contributed by atoms with Crippen molar-refractivity contribution in [3.05, 3.63) is 35.7 Å². The molecule has 1 aromatic heterocycles. The van der Waals surface area contributed by atoms with Crippen molar-refractivity contribution in [3.63, 3.8) is 0 Å². The standard InChI is InChI=1S/C12H13N5O/c1-16-5-4-8-6-9(2-3-10(8)16)11(18)17-7-14-12(13)15-17/h2-3,6-7H,4-5H2,1H3,(H2,13,15). The summed E-state index contributed by atoms with van der Waals surface area (Å²) in [6, 6.07) is 5.69. The van der Waals surface area contributed by atoms with Crippen LogP contribution < -0.4 is 10.6 Å². The summed E-state index contributed by atoms with van der Waals surface area (Å²) in [6.07, 6.45) is 2.30. The highest BCUT2D eigenvalue weighted by Crippen LogP contribution is 2.27. The Labute approximate surface area is 104 Å². The molecule has 2 aromatic rings. The van der Waals surface area contributed by atoms with Gasteiger partial charge in [0.2, 0.25) is 5.95 Å². The van der Waals surface area contributed by atoms with E-state index < -0.39 is 0 Å². The highest BCUT2D eigenvalue weighted by Gasteiger charge is 2.18. The fourth-order valence-corrected chi connectivity index (χ4v) is 2.21. The summed E-state index contributed by atoms with van der Waals surface area (Å²) >= 11 is 0. The minimum absolute atomic E-state index is 0.101.